The lowest BCUT2D eigenvalue weighted by atomic mass is 9.93. The number of nitrogens with one attached hydrogen (secondary N) is 1. The third kappa shape index (κ3) is 8.04. The largest absolute Gasteiger partial charge is 0.354 e. The van der Waals surface area contributed by atoms with Crippen LogP contribution < -0.4 is 10.2 Å². The van der Waals surface area contributed by atoms with Gasteiger partial charge in [0.25, 0.3) is 0 Å². The van der Waals surface area contributed by atoms with E-state index in [0.29, 0.717) is 0 Å². The summed E-state index contributed by atoms with van der Waals surface area (Å²) in [5.41, 5.74) is 0. The molecule has 5 nitrogen and oxygen atoms in total. The average Bonchev–Trinajstić information content (AvgIpc) is 2.70. The molecule has 1 N–H and O–H groups in total. The summed E-state index contributed by atoms with van der Waals surface area (Å²) in [7, 11) is 0. The Morgan fingerprint density at radius 3 is 2.24 bits per heavy atom. The first kappa shape index (κ1) is 26.7. The number of halogens is 3. The molecule has 8 heteroatoms. The lowest BCUT2D eigenvalue weighted by Gasteiger charge is -2.40. The molecule has 0 radical (unpaired) electrons. The van der Waals surface area contributed by atoms with E-state index in [9.17, 15) is 0 Å². The molecule has 0 saturated carbocycles. The van der Waals surface area contributed by atoms with Gasteiger partial charge in [0.05, 0.1) is 0 Å². The lowest BCUT2D eigenvalue weighted by molar-refractivity contribution is 0.110. The minimum Gasteiger partial charge on any atom is -0.354 e. The summed E-state index contributed by atoms with van der Waals surface area (Å²) < 4.78 is 0. The molecule has 0 bridgehead atoms. The van der Waals surface area contributed by atoms with Crippen molar-refractivity contribution in [2.24, 2.45) is 11.8 Å². The van der Waals surface area contributed by atoms with Crippen LogP contribution in [-0.4, -0.2) is 80.2 Å². The fourth-order valence-corrected chi connectivity index (χ4v) is 4.96. The topological polar surface area (TPSA) is 34.6 Å². The highest BCUT2D eigenvalue weighted by atomic mass is 35.5. The zero-order valence-corrected chi connectivity index (χ0v) is 19.8. The maximum absolute atomic E-state index is 4.50. The summed E-state index contributed by atoms with van der Waals surface area (Å²) in [6, 6.07) is 6.22. The predicted molar refractivity (Wildman–Crippen MR) is 129 cm³/mol. The van der Waals surface area contributed by atoms with Crippen LogP contribution in [0.5, 0.6) is 0 Å². The van der Waals surface area contributed by atoms with E-state index in [1.54, 1.807) is 0 Å². The third-order valence-corrected chi connectivity index (χ3v) is 6.44. The van der Waals surface area contributed by atoms with Crippen LogP contribution in [0.1, 0.15) is 25.7 Å². The van der Waals surface area contributed by atoms with Crippen LogP contribution in [0.4, 0.5) is 5.82 Å². The van der Waals surface area contributed by atoms with Crippen LogP contribution >= 0.6 is 37.2 Å². The molecule has 0 amide bonds. The van der Waals surface area contributed by atoms with Crippen molar-refractivity contribution in [2.75, 3.05) is 70.3 Å². The molecule has 1 aromatic heterocycles. The van der Waals surface area contributed by atoms with E-state index in [2.05, 4.69) is 37.1 Å². The quantitative estimate of drug-likeness (QED) is 0.721. The first-order valence-corrected chi connectivity index (χ1v) is 10.7. The second kappa shape index (κ2) is 13.9. The highest BCUT2D eigenvalue weighted by Gasteiger charge is 2.26. The van der Waals surface area contributed by atoms with Gasteiger partial charge in [-0.25, -0.2) is 4.98 Å². The highest BCUT2D eigenvalue weighted by Crippen LogP contribution is 2.22. The Morgan fingerprint density at radius 1 is 0.828 bits per heavy atom. The second-order valence-electron chi connectivity index (χ2n) is 8.44. The zero-order chi connectivity index (χ0) is 17.6. The molecule has 3 saturated heterocycles. The number of piperidine rings is 2. The standard InChI is InChI=1S/C21H35N5.3ClH/c1-2-8-23-21(5-1)26-14-12-24(13-15-26)17-20-4-3-11-25(18-20)16-19-6-9-22-10-7-19;;;/h1-2,5,8,19-20,22H,3-4,6-7,9-18H2;3*1H. The Balaban J connectivity index is 0.00000140. The highest BCUT2D eigenvalue weighted by molar-refractivity contribution is 5.86. The van der Waals surface area contributed by atoms with E-state index in [-0.39, 0.29) is 37.2 Å². The van der Waals surface area contributed by atoms with Crippen LogP contribution in [0.15, 0.2) is 24.4 Å². The summed E-state index contributed by atoms with van der Waals surface area (Å²) in [6.07, 6.45) is 7.46. The van der Waals surface area contributed by atoms with Gasteiger partial charge in [-0.2, -0.15) is 0 Å². The summed E-state index contributed by atoms with van der Waals surface area (Å²) in [5, 5.41) is 3.50. The fourth-order valence-electron chi connectivity index (χ4n) is 4.96. The lowest BCUT2D eigenvalue weighted by Crippen LogP contribution is -2.50. The van der Waals surface area contributed by atoms with Crippen LogP contribution in [0.3, 0.4) is 0 Å². The van der Waals surface area contributed by atoms with Crippen molar-refractivity contribution in [1.29, 1.82) is 0 Å². The molecule has 3 fully saturated rings. The van der Waals surface area contributed by atoms with E-state index < -0.39 is 0 Å². The van der Waals surface area contributed by atoms with Crippen molar-refractivity contribution in [2.45, 2.75) is 25.7 Å². The SMILES string of the molecule is Cl.Cl.Cl.c1ccc(N2CCN(CC3CCCN(CC4CCNCC4)C3)CC2)nc1. The van der Waals surface area contributed by atoms with Gasteiger partial charge < -0.3 is 15.1 Å². The van der Waals surface area contributed by atoms with Gasteiger partial charge in [-0.05, 0) is 69.3 Å². The third-order valence-electron chi connectivity index (χ3n) is 6.44. The summed E-state index contributed by atoms with van der Waals surface area (Å²) in [4.78, 5) is 12.4. The molecule has 0 spiro atoms. The first-order valence-electron chi connectivity index (χ1n) is 10.7. The van der Waals surface area contributed by atoms with Crippen LogP contribution in [0, 0.1) is 11.8 Å². The molecule has 1 unspecified atom stereocenters. The van der Waals surface area contributed by atoms with Crippen LogP contribution in [0.25, 0.3) is 0 Å². The maximum atomic E-state index is 4.50. The fraction of sp³-hybridized carbons (Fsp3) is 0.762. The van der Waals surface area contributed by atoms with E-state index in [1.165, 1.54) is 78.0 Å². The molecule has 4 heterocycles. The second-order valence-corrected chi connectivity index (χ2v) is 8.44. The Kier molecular flexibility index (Phi) is 12.8. The minimum atomic E-state index is 0. The van der Waals surface area contributed by atoms with E-state index in [1.807, 2.05) is 12.3 Å². The number of piperazine rings is 1. The van der Waals surface area contributed by atoms with Crippen molar-refractivity contribution in [3.63, 3.8) is 0 Å². The molecule has 0 aliphatic carbocycles. The molecule has 1 aromatic rings. The van der Waals surface area contributed by atoms with Gasteiger partial charge in [0, 0.05) is 52.0 Å². The van der Waals surface area contributed by atoms with Crippen molar-refractivity contribution < 1.29 is 0 Å². The monoisotopic (exact) mass is 465 g/mol. The van der Waals surface area contributed by atoms with E-state index in [4.69, 9.17) is 0 Å². The number of anilines is 1. The normalized spacial score (nSPS) is 24.1. The number of aromatic nitrogens is 1. The van der Waals surface area contributed by atoms with Gasteiger partial charge in [0.15, 0.2) is 0 Å². The molecule has 168 valence electrons. The predicted octanol–water partition coefficient (Wildman–Crippen LogP) is 3.18. The van der Waals surface area contributed by atoms with Gasteiger partial charge >= 0.3 is 0 Å². The molecular weight excluding hydrogens is 429 g/mol. The van der Waals surface area contributed by atoms with Crippen molar-refractivity contribution in [3.05, 3.63) is 24.4 Å². The van der Waals surface area contributed by atoms with Gasteiger partial charge in [0.2, 0.25) is 0 Å². The van der Waals surface area contributed by atoms with Crippen LogP contribution in [0.2, 0.25) is 0 Å². The summed E-state index contributed by atoms with van der Waals surface area (Å²) in [6.45, 7) is 12.3. The summed E-state index contributed by atoms with van der Waals surface area (Å²) in [5.74, 6) is 2.93. The number of pyridine rings is 1. The number of hydrogen-bond acceptors (Lipinski definition) is 5. The molecule has 0 aromatic carbocycles. The number of likely N-dealkylation sites (tertiary alicyclic amines) is 1. The smallest absolute Gasteiger partial charge is 0.128 e. The zero-order valence-electron chi connectivity index (χ0n) is 17.4. The Hall–Kier alpha value is -0.300. The molecule has 1 atom stereocenters. The number of nitrogens with zero attached hydrogens (tertiary/aromatic N) is 4. The van der Waals surface area contributed by atoms with Crippen molar-refractivity contribution >= 4 is 43.0 Å². The first-order chi connectivity index (χ1) is 12.9. The van der Waals surface area contributed by atoms with Gasteiger partial charge in [-0.1, -0.05) is 6.07 Å². The van der Waals surface area contributed by atoms with Gasteiger partial charge in [-0.15, -0.1) is 37.2 Å². The maximum Gasteiger partial charge on any atom is 0.128 e. The Labute approximate surface area is 195 Å². The van der Waals surface area contributed by atoms with Gasteiger partial charge in [-0.3, -0.25) is 4.90 Å². The molecule has 3 aliphatic heterocycles. The molecule has 4 rings (SSSR count). The number of hydrogen-bond donors (Lipinski definition) is 1. The molecule has 29 heavy (non-hydrogen) atoms. The van der Waals surface area contributed by atoms with Crippen LogP contribution in [-0.2, 0) is 0 Å². The Morgan fingerprint density at radius 2 is 1.55 bits per heavy atom. The van der Waals surface area contributed by atoms with E-state index >= 15 is 0 Å². The number of rotatable bonds is 5. The van der Waals surface area contributed by atoms with Gasteiger partial charge in [0.1, 0.15) is 5.82 Å². The molecular formula is C21H38Cl3N5. The van der Waals surface area contributed by atoms with Crippen molar-refractivity contribution in [3.8, 4) is 0 Å². The Bertz CT molecular complexity index is 536. The minimum absolute atomic E-state index is 0. The van der Waals surface area contributed by atoms with Crippen molar-refractivity contribution in [1.82, 2.24) is 20.1 Å². The summed E-state index contributed by atoms with van der Waals surface area (Å²) >= 11 is 0. The molecule has 3 aliphatic rings. The van der Waals surface area contributed by atoms with E-state index in [0.717, 1.165) is 30.7 Å². The average molecular weight is 467 g/mol.